The highest BCUT2D eigenvalue weighted by atomic mass is 79.9. The van der Waals surface area contributed by atoms with E-state index < -0.39 is 28.5 Å². The quantitative estimate of drug-likeness (QED) is 0.277. The lowest BCUT2D eigenvalue weighted by molar-refractivity contribution is -0.139. The predicted octanol–water partition coefficient (Wildman–Crippen LogP) is 5.60. The maximum atomic E-state index is 14.0. The minimum Gasteiger partial charge on any atom is -0.496 e. The van der Waals surface area contributed by atoms with Gasteiger partial charge in [-0.05, 0) is 85.9 Å². The second-order valence-corrected chi connectivity index (χ2v) is 12.9. The fourth-order valence-corrected chi connectivity index (χ4v) is 6.36. The van der Waals surface area contributed by atoms with Gasteiger partial charge in [-0.2, -0.15) is 0 Å². The first-order valence-electron chi connectivity index (χ1n) is 13.5. The Hall–Kier alpha value is -3.37. The lowest BCUT2D eigenvalue weighted by atomic mass is 10.1. The van der Waals surface area contributed by atoms with Crippen molar-refractivity contribution in [2.75, 3.05) is 18.0 Å². The molecule has 0 saturated heterocycles. The van der Waals surface area contributed by atoms with E-state index in [4.69, 9.17) is 4.74 Å². The molecule has 0 heterocycles. The van der Waals surface area contributed by atoms with Crippen LogP contribution in [0, 0.1) is 13.8 Å². The van der Waals surface area contributed by atoms with Crippen LogP contribution in [0.2, 0.25) is 0 Å². The van der Waals surface area contributed by atoms with Gasteiger partial charge in [-0.3, -0.25) is 13.9 Å². The highest BCUT2D eigenvalue weighted by molar-refractivity contribution is 9.10. The van der Waals surface area contributed by atoms with Crippen LogP contribution < -0.4 is 14.4 Å². The van der Waals surface area contributed by atoms with Crippen molar-refractivity contribution in [2.24, 2.45) is 0 Å². The van der Waals surface area contributed by atoms with Crippen LogP contribution in [0.3, 0.4) is 0 Å². The summed E-state index contributed by atoms with van der Waals surface area (Å²) in [5.74, 6) is -0.327. The van der Waals surface area contributed by atoms with Crippen molar-refractivity contribution < 1.29 is 22.7 Å². The summed E-state index contributed by atoms with van der Waals surface area (Å²) in [4.78, 5) is 28.6. The molecular formula is C31H38BrN3O5S. The molecule has 2 atom stereocenters. The van der Waals surface area contributed by atoms with Crippen LogP contribution in [0.5, 0.6) is 5.75 Å². The standard InChI is InChI=1S/C31H38BrN3O5S/c1-7-23(4)33-31(37)24(5)34(19-25-10-8-9-22(3)17-25)30(36)20-35(26-13-11-21(2)12-14-26)41(38,39)27-15-16-29(40-6)28(32)18-27/h8-18,23-24H,7,19-20H2,1-6H3,(H,33,37)/t23-,24+/m0/s1. The van der Waals surface area contributed by atoms with E-state index in [0.29, 0.717) is 15.9 Å². The van der Waals surface area contributed by atoms with Crippen molar-refractivity contribution >= 4 is 43.5 Å². The number of anilines is 1. The van der Waals surface area contributed by atoms with Gasteiger partial charge >= 0.3 is 0 Å². The molecule has 0 radical (unpaired) electrons. The van der Waals surface area contributed by atoms with E-state index in [1.165, 1.54) is 24.1 Å². The number of sulfonamides is 1. The number of methoxy groups -OCH3 is 1. The summed E-state index contributed by atoms with van der Waals surface area (Å²) in [5.41, 5.74) is 3.13. The van der Waals surface area contributed by atoms with Crippen molar-refractivity contribution in [1.29, 1.82) is 0 Å². The third kappa shape index (κ3) is 8.10. The van der Waals surface area contributed by atoms with Crippen LogP contribution in [-0.4, -0.2) is 50.9 Å². The number of nitrogens with one attached hydrogen (secondary N) is 1. The first-order chi connectivity index (χ1) is 19.4. The Balaban J connectivity index is 2.05. The average molecular weight is 645 g/mol. The first-order valence-corrected chi connectivity index (χ1v) is 15.7. The SMILES string of the molecule is CC[C@H](C)NC(=O)[C@@H](C)N(Cc1cccc(C)c1)C(=O)CN(c1ccc(C)cc1)S(=O)(=O)c1ccc(OC)c(Br)c1. The van der Waals surface area contributed by atoms with Gasteiger partial charge in [0.2, 0.25) is 11.8 Å². The Morgan fingerprint density at radius 1 is 0.976 bits per heavy atom. The highest BCUT2D eigenvalue weighted by Gasteiger charge is 2.33. The van der Waals surface area contributed by atoms with Gasteiger partial charge in [-0.1, -0.05) is 54.4 Å². The fourth-order valence-electron chi connectivity index (χ4n) is 4.23. The number of amides is 2. The van der Waals surface area contributed by atoms with Crippen LogP contribution >= 0.6 is 15.9 Å². The van der Waals surface area contributed by atoms with E-state index in [-0.39, 0.29) is 23.4 Å². The van der Waals surface area contributed by atoms with E-state index in [0.717, 1.165) is 27.4 Å². The molecule has 10 heteroatoms. The number of benzene rings is 3. The van der Waals surface area contributed by atoms with Gasteiger partial charge in [0.25, 0.3) is 10.0 Å². The van der Waals surface area contributed by atoms with Crippen LogP contribution in [-0.2, 0) is 26.2 Å². The van der Waals surface area contributed by atoms with Gasteiger partial charge in [-0.25, -0.2) is 8.42 Å². The Morgan fingerprint density at radius 3 is 2.24 bits per heavy atom. The smallest absolute Gasteiger partial charge is 0.264 e. The third-order valence-corrected chi connectivity index (χ3v) is 9.31. The van der Waals surface area contributed by atoms with Crippen LogP contribution in [0.15, 0.2) is 76.1 Å². The summed E-state index contributed by atoms with van der Waals surface area (Å²) < 4.78 is 34.9. The number of carbonyl (C=O) groups excluding carboxylic acids is 2. The molecule has 0 saturated carbocycles. The molecule has 0 aliphatic heterocycles. The van der Waals surface area contributed by atoms with Crippen LogP contribution in [0.1, 0.15) is 43.9 Å². The minimum absolute atomic E-state index is 0.00801. The number of halogens is 1. The molecule has 0 aliphatic rings. The van der Waals surface area contributed by atoms with E-state index in [9.17, 15) is 18.0 Å². The summed E-state index contributed by atoms with van der Waals surface area (Å²) in [6.07, 6.45) is 0.737. The zero-order chi connectivity index (χ0) is 30.3. The van der Waals surface area contributed by atoms with E-state index in [1.807, 2.05) is 52.0 Å². The summed E-state index contributed by atoms with van der Waals surface area (Å²) in [7, 11) is -2.70. The van der Waals surface area contributed by atoms with Gasteiger partial charge in [0.1, 0.15) is 18.3 Å². The van der Waals surface area contributed by atoms with Crippen LogP contribution in [0.25, 0.3) is 0 Å². The largest absolute Gasteiger partial charge is 0.496 e. The second-order valence-electron chi connectivity index (χ2n) is 10.1. The molecular weight excluding hydrogens is 606 g/mol. The summed E-state index contributed by atoms with van der Waals surface area (Å²) >= 11 is 3.36. The molecule has 2 amide bonds. The highest BCUT2D eigenvalue weighted by Crippen LogP contribution is 2.31. The summed E-state index contributed by atoms with van der Waals surface area (Å²) in [6, 6.07) is 18.1. The van der Waals surface area contributed by atoms with Gasteiger partial charge < -0.3 is 15.0 Å². The fraction of sp³-hybridized carbons (Fsp3) is 0.355. The number of rotatable bonds is 12. The first kappa shape index (κ1) is 32.1. The zero-order valence-electron chi connectivity index (χ0n) is 24.3. The van der Waals surface area contributed by atoms with E-state index in [2.05, 4.69) is 21.2 Å². The third-order valence-electron chi connectivity index (χ3n) is 6.92. The maximum Gasteiger partial charge on any atom is 0.264 e. The number of nitrogens with zero attached hydrogens (tertiary/aromatic N) is 2. The Kier molecular flexibility index (Phi) is 11.0. The van der Waals surface area contributed by atoms with Crippen LogP contribution in [0.4, 0.5) is 5.69 Å². The number of ether oxygens (including phenoxy) is 1. The number of hydrogen-bond donors (Lipinski definition) is 1. The Morgan fingerprint density at radius 2 is 1.66 bits per heavy atom. The van der Waals surface area contributed by atoms with Gasteiger partial charge in [0.05, 0.1) is 22.2 Å². The second kappa shape index (κ2) is 14.0. The molecule has 3 aromatic rings. The summed E-state index contributed by atoms with van der Waals surface area (Å²) in [5, 5.41) is 2.94. The molecule has 0 fully saturated rings. The molecule has 0 aromatic heterocycles. The minimum atomic E-state index is -4.19. The van der Waals surface area contributed by atoms with Gasteiger partial charge in [-0.15, -0.1) is 0 Å². The van der Waals surface area contributed by atoms with E-state index in [1.54, 1.807) is 37.3 Å². The van der Waals surface area contributed by atoms with Gasteiger partial charge in [0.15, 0.2) is 0 Å². The Labute approximate surface area is 251 Å². The van der Waals surface area contributed by atoms with Crippen molar-refractivity contribution in [3.8, 4) is 5.75 Å². The van der Waals surface area contributed by atoms with Crippen molar-refractivity contribution in [3.63, 3.8) is 0 Å². The molecule has 0 bridgehead atoms. The zero-order valence-corrected chi connectivity index (χ0v) is 26.8. The number of aryl methyl sites for hydroxylation is 2. The van der Waals surface area contributed by atoms with Crippen molar-refractivity contribution in [1.82, 2.24) is 10.2 Å². The molecule has 0 unspecified atom stereocenters. The average Bonchev–Trinajstić information content (AvgIpc) is 2.94. The molecule has 3 aromatic carbocycles. The summed E-state index contributed by atoms with van der Waals surface area (Å²) in [6.45, 7) is 9.02. The topological polar surface area (TPSA) is 96.0 Å². The number of carbonyl (C=O) groups is 2. The Bertz CT molecular complexity index is 1480. The molecule has 8 nitrogen and oxygen atoms in total. The van der Waals surface area contributed by atoms with Gasteiger partial charge in [0, 0.05) is 12.6 Å². The van der Waals surface area contributed by atoms with Crippen molar-refractivity contribution in [2.45, 2.75) is 64.6 Å². The predicted molar refractivity (Wildman–Crippen MR) is 165 cm³/mol. The maximum absolute atomic E-state index is 14.0. The molecule has 41 heavy (non-hydrogen) atoms. The van der Waals surface area contributed by atoms with Crippen molar-refractivity contribution in [3.05, 3.63) is 87.9 Å². The van der Waals surface area contributed by atoms with E-state index >= 15 is 0 Å². The molecule has 0 aliphatic carbocycles. The molecule has 220 valence electrons. The molecule has 0 spiro atoms. The number of hydrogen-bond acceptors (Lipinski definition) is 5. The monoisotopic (exact) mass is 643 g/mol. The lowest BCUT2D eigenvalue weighted by Gasteiger charge is -2.32. The molecule has 3 rings (SSSR count). The normalized spacial score (nSPS) is 12.8. The lowest BCUT2D eigenvalue weighted by Crippen LogP contribution is -2.52. The molecule has 1 N–H and O–H groups in total.